The average molecular weight is 484 g/mol. The van der Waals surface area contributed by atoms with Crippen LogP contribution in [0.2, 0.25) is 0 Å². The molecule has 1 aliphatic heterocycles. The Morgan fingerprint density at radius 3 is 2.47 bits per heavy atom. The number of rotatable bonds is 8. The maximum Gasteiger partial charge on any atom is 0.259 e. The molecule has 1 heterocycles. The van der Waals surface area contributed by atoms with E-state index in [1.165, 1.54) is 0 Å². The fourth-order valence-corrected chi connectivity index (χ4v) is 5.62. The van der Waals surface area contributed by atoms with Gasteiger partial charge in [0, 0.05) is 23.5 Å². The molecule has 186 valence electrons. The van der Waals surface area contributed by atoms with Gasteiger partial charge < -0.3 is 10.2 Å². The summed E-state index contributed by atoms with van der Waals surface area (Å²) in [5.41, 5.74) is 3.43. The zero-order valence-corrected chi connectivity index (χ0v) is 21.0. The second kappa shape index (κ2) is 10.1. The van der Waals surface area contributed by atoms with Crippen molar-refractivity contribution < 1.29 is 14.4 Å². The molecule has 2 aliphatic rings. The van der Waals surface area contributed by atoms with Gasteiger partial charge >= 0.3 is 0 Å². The minimum Gasteiger partial charge on any atom is -0.352 e. The van der Waals surface area contributed by atoms with E-state index in [-0.39, 0.29) is 30.3 Å². The van der Waals surface area contributed by atoms with Crippen LogP contribution in [0.25, 0.3) is 10.8 Å². The third kappa shape index (κ3) is 4.48. The Balaban J connectivity index is 1.44. The smallest absolute Gasteiger partial charge is 0.259 e. The predicted octanol–water partition coefficient (Wildman–Crippen LogP) is 4.97. The molecule has 36 heavy (non-hydrogen) atoms. The summed E-state index contributed by atoms with van der Waals surface area (Å²) in [5, 5.41) is 5.05. The summed E-state index contributed by atoms with van der Waals surface area (Å²) in [4.78, 5) is 43.9. The third-order valence-corrected chi connectivity index (χ3v) is 7.63. The van der Waals surface area contributed by atoms with Crippen molar-refractivity contribution in [2.24, 2.45) is 0 Å². The first-order chi connectivity index (χ1) is 17.5. The maximum absolute atomic E-state index is 13.9. The zero-order valence-electron chi connectivity index (χ0n) is 21.0. The normalized spacial score (nSPS) is 15.9. The second-order valence-electron chi connectivity index (χ2n) is 9.93. The van der Waals surface area contributed by atoms with Crippen LogP contribution in [0.15, 0.2) is 60.7 Å². The number of nitrogens with one attached hydrogen (secondary N) is 1. The molecule has 0 bridgehead atoms. The highest BCUT2D eigenvalue weighted by atomic mass is 16.2. The minimum atomic E-state index is -0.603. The van der Waals surface area contributed by atoms with Crippen molar-refractivity contribution in [2.45, 2.75) is 64.6 Å². The number of anilines is 1. The van der Waals surface area contributed by atoms with Gasteiger partial charge in [0.05, 0.1) is 5.69 Å². The molecule has 0 spiro atoms. The number of carbonyl (C=O) groups excluding carboxylic acids is 3. The van der Waals surface area contributed by atoms with Gasteiger partial charge in [-0.2, -0.15) is 0 Å². The van der Waals surface area contributed by atoms with Crippen LogP contribution in [0.3, 0.4) is 0 Å². The molecular weight excluding hydrogens is 450 g/mol. The fraction of sp³-hybridized carbons (Fsp3) is 0.367. The number of carbonyl (C=O) groups is 3. The van der Waals surface area contributed by atoms with Gasteiger partial charge in [-0.1, -0.05) is 68.3 Å². The number of hydrogen-bond acceptors (Lipinski definition) is 3. The zero-order chi connectivity index (χ0) is 25.2. The Bertz CT molecular complexity index is 1310. The lowest BCUT2D eigenvalue weighted by Gasteiger charge is -2.33. The van der Waals surface area contributed by atoms with Crippen LogP contribution in [0.5, 0.6) is 0 Å². The summed E-state index contributed by atoms with van der Waals surface area (Å²) in [6.45, 7) is 4.17. The van der Waals surface area contributed by atoms with E-state index in [1.54, 1.807) is 9.80 Å². The van der Waals surface area contributed by atoms with Crippen molar-refractivity contribution in [3.05, 3.63) is 77.4 Å². The Hall–Kier alpha value is -3.67. The lowest BCUT2D eigenvalue weighted by Crippen LogP contribution is -2.53. The van der Waals surface area contributed by atoms with Crippen molar-refractivity contribution in [3.63, 3.8) is 0 Å². The molecule has 6 heteroatoms. The molecule has 0 radical (unpaired) electrons. The molecule has 1 aliphatic carbocycles. The number of nitrogens with zero attached hydrogens (tertiary/aromatic N) is 2. The fourth-order valence-electron chi connectivity index (χ4n) is 5.62. The predicted molar refractivity (Wildman–Crippen MR) is 142 cm³/mol. The van der Waals surface area contributed by atoms with Crippen molar-refractivity contribution in [1.82, 2.24) is 10.2 Å². The van der Waals surface area contributed by atoms with Crippen molar-refractivity contribution in [1.29, 1.82) is 0 Å². The highest BCUT2D eigenvalue weighted by Crippen LogP contribution is 2.37. The van der Waals surface area contributed by atoms with Crippen LogP contribution in [-0.2, 0) is 16.1 Å². The molecule has 1 fully saturated rings. The molecule has 3 amide bonds. The summed E-state index contributed by atoms with van der Waals surface area (Å²) in [7, 11) is 0. The Labute approximate surface area is 212 Å². The number of aryl methyl sites for hydroxylation is 1. The van der Waals surface area contributed by atoms with Gasteiger partial charge in [-0.15, -0.1) is 0 Å². The third-order valence-electron chi connectivity index (χ3n) is 7.63. The molecule has 1 saturated carbocycles. The van der Waals surface area contributed by atoms with Gasteiger partial charge in [-0.25, -0.2) is 0 Å². The van der Waals surface area contributed by atoms with E-state index < -0.39 is 6.04 Å². The Morgan fingerprint density at radius 1 is 1.03 bits per heavy atom. The van der Waals surface area contributed by atoms with Gasteiger partial charge in [0.1, 0.15) is 12.6 Å². The van der Waals surface area contributed by atoms with Gasteiger partial charge in [0.2, 0.25) is 11.8 Å². The Kier molecular flexibility index (Phi) is 6.77. The molecule has 5 rings (SSSR count). The molecule has 3 aromatic rings. The first-order valence-electron chi connectivity index (χ1n) is 13.0. The van der Waals surface area contributed by atoms with Crippen LogP contribution >= 0.6 is 0 Å². The summed E-state index contributed by atoms with van der Waals surface area (Å²) < 4.78 is 0. The molecule has 0 aromatic heterocycles. The monoisotopic (exact) mass is 483 g/mol. The van der Waals surface area contributed by atoms with Gasteiger partial charge in [-0.05, 0) is 54.8 Å². The molecule has 1 unspecified atom stereocenters. The molecule has 0 saturated heterocycles. The van der Waals surface area contributed by atoms with E-state index in [9.17, 15) is 14.4 Å². The number of hydrogen-bond donors (Lipinski definition) is 1. The summed E-state index contributed by atoms with van der Waals surface area (Å²) in [6.07, 6.45) is 4.71. The van der Waals surface area contributed by atoms with Gasteiger partial charge in [0.25, 0.3) is 5.91 Å². The topological polar surface area (TPSA) is 69.7 Å². The maximum atomic E-state index is 13.9. The highest BCUT2D eigenvalue weighted by Gasteiger charge is 2.35. The minimum absolute atomic E-state index is 0.105. The lowest BCUT2D eigenvalue weighted by atomic mass is 10.1. The lowest BCUT2D eigenvalue weighted by molar-refractivity contribution is -0.140. The SMILES string of the molecule is CCC(C(=O)NC1CCCC1)N(Cc1ccccc1C)C(=O)CN1C(=O)c2cccc3cccc1c23. The van der Waals surface area contributed by atoms with Crippen molar-refractivity contribution in [3.8, 4) is 0 Å². The van der Waals surface area contributed by atoms with Crippen LogP contribution in [0, 0.1) is 6.92 Å². The number of amides is 3. The standard InChI is InChI=1S/C30H33N3O3/c1-3-25(29(35)31-23-14-6-7-15-23)32(18-22-11-5-4-10-20(22)2)27(34)19-33-26-17-9-13-21-12-8-16-24(28(21)26)30(33)36/h4-5,8-13,16-17,23,25H,3,6-7,14-15,18-19H2,1-2H3,(H,31,35). The molecule has 1 atom stereocenters. The quantitative estimate of drug-likeness (QED) is 0.492. The van der Waals surface area contributed by atoms with Gasteiger partial charge in [-0.3, -0.25) is 19.3 Å². The summed E-state index contributed by atoms with van der Waals surface area (Å²) in [5.74, 6) is -0.510. The van der Waals surface area contributed by atoms with Crippen LogP contribution in [0.1, 0.15) is 60.5 Å². The van der Waals surface area contributed by atoms with E-state index in [0.717, 1.165) is 53.3 Å². The highest BCUT2D eigenvalue weighted by molar-refractivity contribution is 6.26. The van der Waals surface area contributed by atoms with Crippen molar-refractivity contribution in [2.75, 3.05) is 11.4 Å². The van der Waals surface area contributed by atoms with Crippen LogP contribution in [0.4, 0.5) is 5.69 Å². The van der Waals surface area contributed by atoms with Gasteiger partial charge in [0.15, 0.2) is 0 Å². The molecule has 3 aromatic carbocycles. The summed E-state index contributed by atoms with van der Waals surface area (Å²) >= 11 is 0. The Morgan fingerprint density at radius 2 is 1.75 bits per heavy atom. The van der Waals surface area contributed by atoms with E-state index in [4.69, 9.17) is 0 Å². The van der Waals surface area contributed by atoms with E-state index in [0.29, 0.717) is 18.5 Å². The molecule has 1 N–H and O–H groups in total. The first-order valence-corrected chi connectivity index (χ1v) is 13.0. The second-order valence-corrected chi connectivity index (χ2v) is 9.93. The summed E-state index contributed by atoms with van der Waals surface area (Å²) in [6, 6.07) is 18.9. The molecular formula is C30H33N3O3. The van der Waals surface area contributed by atoms with Crippen LogP contribution < -0.4 is 10.2 Å². The van der Waals surface area contributed by atoms with E-state index in [1.807, 2.05) is 74.5 Å². The first kappa shape index (κ1) is 24.0. The average Bonchev–Trinajstić information content (AvgIpc) is 3.48. The van der Waals surface area contributed by atoms with E-state index >= 15 is 0 Å². The molecule has 6 nitrogen and oxygen atoms in total. The largest absolute Gasteiger partial charge is 0.352 e. The van der Waals surface area contributed by atoms with E-state index in [2.05, 4.69) is 5.32 Å². The van der Waals surface area contributed by atoms with Crippen LogP contribution in [-0.4, -0.2) is 41.2 Å². The van der Waals surface area contributed by atoms with Crippen molar-refractivity contribution >= 4 is 34.2 Å². The number of benzene rings is 3.